The number of alkyl halides is 3. The Bertz CT molecular complexity index is 703. The summed E-state index contributed by atoms with van der Waals surface area (Å²) in [7, 11) is 1.14. The topological polar surface area (TPSA) is 38.7 Å². The van der Waals surface area contributed by atoms with Gasteiger partial charge in [-0.25, -0.2) is 4.99 Å². The minimum atomic E-state index is -4.59. The molecule has 0 amide bonds. The number of rotatable bonds is 4. The van der Waals surface area contributed by atoms with E-state index in [4.69, 9.17) is 0 Å². The van der Waals surface area contributed by atoms with Crippen molar-refractivity contribution in [2.45, 2.75) is 19.0 Å². The van der Waals surface area contributed by atoms with Gasteiger partial charge in [0.15, 0.2) is 0 Å². The minimum absolute atomic E-state index is 0.232. The molecule has 2 rings (SSSR count). The van der Waals surface area contributed by atoms with Gasteiger partial charge in [-0.05, 0) is 11.5 Å². The number of fused-ring (bicyclic) bond motifs is 1. The van der Waals surface area contributed by atoms with Crippen LogP contribution in [0.15, 0.2) is 47.5 Å². The van der Waals surface area contributed by atoms with Crippen molar-refractivity contribution in [3.63, 3.8) is 0 Å². The summed E-state index contributed by atoms with van der Waals surface area (Å²) in [5, 5.41) is 1.43. The van der Waals surface area contributed by atoms with Crippen LogP contribution in [-0.4, -0.2) is 25.0 Å². The van der Waals surface area contributed by atoms with Crippen molar-refractivity contribution in [1.82, 2.24) is 0 Å². The lowest BCUT2D eigenvalue weighted by Gasteiger charge is -2.11. The lowest BCUT2D eigenvalue weighted by Crippen LogP contribution is -2.23. The highest BCUT2D eigenvalue weighted by atomic mass is 19.4. The van der Waals surface area contributed by atoms with Crippen molar-refractivity contribution in [3.8, 4) is 0 Å². The molecule has 2 aromatic carbocycles. The number of halogens is 3. The van der Waals surface area contributed by atoms with E-state index in [2.05, 4.69) is 9.73 Å². The number of carbonyl (C=O) groups excluding carboxylic acids is 1. The van der Waals surface area contributed by atoms with Crippen molar-refractivity contribution in [1.29, 1.82) is 0 Å². The van der Waals surface area contributed by atoms with Gasteiger partial charge in [0.1, 0.15) is 5.71 Å². The van der Waals surface area contributed by atoms with E-state index < -0.39 is 24.3 Å². The summed E-state index contributed by atoms with van der Waals surface area (Å²) in [5.74, 6) is -0.699. The molecule has 0 heterocycles. The molecule has 0 bridgehead atoms. The zero-order valence-corrected chi connectivity index (χ0v) is 11.9. The van der Waals surface area contributed by atoms with Gasteiger partial charge in [0.05, 0.1) is 19.2 Å². The zero-order valence-electron chi connectivity index (χ0n) is 11.9. The first kappa shape index (κ1) is 16.0. The van der Waals surface area contributed by atoms with Gasteiger partial charge in [0.25, 0.3) is 0 Å². The van der Waals surface area contributed by atoms with Gasteiger partial charge in [-0.3, -0.25) is 4.79 Å². The van der Waals surface area contributed by atoms with E-state index in [0.717, 1.165) is 12.5 Å². The number of benzene rings is 2. The molecule has 0 aliphatic heterocycles. The molecule has 0 aliphatic rings. The van der Waals surface area contributed by atoms with Gasteiger partial charge < -0.3 is 4.74 Å². The largest absolute Gasteiger partial charge is 0.469 e. The van der Waals surface area contributed by atoms with Gasteiger partial charge >= 0.3 is 12.1 Å². The number of methoxy groups -OCH3 is 1. The first-order chi connectivity index (χ1) is 10.4. The smallest absolute Gasteiger partial charge is 0.429 e. The lowest BCUT2D eigenvalue weighted by atomic mass is 10.1. The molecule has 0 radical (unpaired) electrons. The number of ether oxygens (including phenoxy) is 1. The normalized spacial score (nSPS) is 12.5. The summed E-state index contributed by atoms with van der Waals surface area (Å²) >= 11 is 0. The molecule has 2 aromatic rings. The molecule has 0 spiro atoms. The third-order valence-corrected chi connectivity index (χ3v) is 3.14. The van der Waals surface area contributed by atoms with Gasteiger partial charge in [0.2, 0.25) is 0 Å². The SMILES string of the molecule is COC(=O)CCC(=Nc1cccc2ccccc12)C(F)(F)F. The molecule has 22 heavy (non-hydrogen) atoms. The summed E-state index contributed by atoms with van der Waals surface area (Å²) in [4.78, 5) is 14.8. The minimum Gasteiger partial charge on any atom is -0.469 e. The fourth-order valence-electron chi connectivity index (χ4n) is 2.03. The van der Waals surface area contributed by atoms with E-state index in [9.17, 15) is 18.0 Å². The van der Waals surface area contributed by atoms with Crippen LogP contribution in [0.1, 0.15) is 12.8 Å². The predicted molar refractivity (Wildman–Crippen MR) is 78.3 cm³/mol. The molecular formula is C16H14F3NO2. The summed E-state index contributed by atoms with van der Waals surface area (Å²) in [6.45, 7) is 0. The van der Waals surface area contributed by atoms with Gasteiger partial charge in [-0.1, -0.05) is 36.4 Å². The van der Waals surface area contributed by atoms with Crippen LogP contribution in [0.4, 0.5) is 18.9 Å². The average Bonchev–Trinajstić information content (AvgIpc) is 2.50. The van der Waals surface area contributed by atoms with Crippen molar-refractivity contribution < 1.29 is 22.7 Å². The third kappa shape index (κ3) is 3.84. The van der Waals surface area contributed by atoms with Crippen LogP contribution in [0.2, 0.25) is 0 Å². The van der Waals surface area contributed by atoms with Gasteiger partial charge in [-0.15, -0.1) is 0 Å². The third-order valence-electron chi connectivity index (χ3n) is 3.14. The molecule has 3 nitrogen and oxygen atoms in total. The second-order valence-corrected chi connectivity index (χ2v) is 4.63. The maximum absolute atomic E-state index is 13.1. The number of hydrogen-bond acceptors (Lipinski definition) is 3. The molecule has 0 saturated carbocycles. The highest BCUT2D eigenvalue weighted by molar-refractivity contribution is 5.99. The van der Waals surface area contributed by atoms with Crippen LogP contribution in [0.3, 0.4) is 0 Å². The van der Waals surface area contributed by atoms with E-state index in [1.54, 1.807) is 36.4 Å². The van der Waals surface area contributed by atoms with Crippen molar-refractivity contribution in [2.75, 3.05) is 7.11 Å². The number of hydrogen-bond donors (Lipinski definition) is 0. The first-order valence-electron chi connectivity index (χ1n) is 6.61. The fraction of sp³-hybridized carbons (Fsp3) is 0.250. The predicted octanol–water partition coefficient (Wildman–Crippen LogP) is 4.43. The standard InChI is InChI=1S/C16H14F3NO2/c1-22-15(21)10-9-14(16(17,18)19)20-13-8-4-6-11-5-2-3-7-12(11)13/h2-8H,9-10H2,1H3. The monoisotopic (exact) mass is 309 g/mol. The second kappa shape index (κ2) is 6.60. The fourth-order valence-corrected chi connectivity index (χ4v) is 2.03. The highest BCUT2D eigenvalue weighted by Crippen LogP contribution is 2.29. The molecule has 0 fully saturated rings. The van der Waals surface area contributed by atoms with Crippen molar-refractivity contribution in [2.24, 2.45) is 4.99 Å². The van der Waals surface area contributed by atoms with E-state index in [0.29, 0.717) is 5.39 Å². The van der Waals surface area contributed by atoms with Crippen LogP contribution in [-0.2, 0) is 9.53 Å². The summed E-state index contributed by atoms with van der Waals surface area (Å²) in [6, 6.07) is 12.0. The summed E-state index contributed by atoms with van der Waals surface area (Å²) in [5.41, 5.74) is -0.760. The molecule has 6 heteroatoms. The van der Waals surface area contributed by atoms with E-state index in [1.807, 2.05) is 0 Å². The number of nitrogens with zero attached hydrogens (tertiary/aromatic N) is 1. The molecule has 0 saturated heterocycles. The molecule has 116 valence electrons. The number of esters is 1. The highest BCUT2D eigenvalue weighted by Gasteiger charge is 2.35. The summed E-state index contributed by atoms with van der Waals surface area (Å²) in [6.07, 6.45) is -5.47. The van der Waals surface area contributed by atoms with Crippen LogP contribution < -0.4 is 0 Å². The van der Waals surface area contributed by atoms with E-state index in [1.165, 1.54) is 6.07 Å². The Morgan fingerprint density at radius 2 is 1.77 bits per heavy atom. The Balaban J connectivity index is 2.41. The van der Waals surface area contributed by atoms with E-state index in [-0.39, 0.29) is 12.1 Å². The van der Waals surface area contributed by atoms with E-state index >= 15 is 0 Å². The maximum Gasteiger partial charge on any atom is 0.429 e. The first-order valence-corrected chi connectivity index (χ1v) is 6.61. The van der Waals surface area contributed by atoms with Crippen LogP contribution in [0.25, 0.3) is 10.8 Å². The Morgan fingerprint density at radius 1 is 1.09 bits per heavy atom. The van der Waals surface area contributed by atoms with Gasteiger partial charge in [0, 0.05) is 11.8 Å². The Morgan fingerprint density at radius 3 is 2.45 bits per heavy atom. The average molecular weight is 309 g/mol. The van der Waals surface area contributed by atoms with Crippen molar-refractivity contribution in [3.05, 3.63) is 42.5 Å². The molecule has 0 unspecified atom stereocenters. The Hall–Kier alpha value is -2.37. The van der Waals surface area contributed by atoms with Crippen LogP contribution in [0, 0.1) is 0 Å². The Labute approximate surface area is 125 Å². The molecule has 0 N–H and O–H groups in total. The van der Waals surface area contributed by atoms with Crippen LogP contribution >= 0.6 is 0 Å². The van der Waals surface area contributed by atoms with Gasteiger partial charge in [-0.2, -0.15) is 13.2 Å². The number of aliphatic imine (C=N–C) groups is 1. The molecular weight excluding hydrogens is 295 g/mol. The second-order valence-electron chi connectivity index (χ2n) is 4.63. The molecule has 0 atom stereocenters. The molecule has 0 aromatic heterocycles. The zero-order chi connectivity index (χ0) is 16.2. The number of carbonyl (C=O) groups is 1. The molecule has 0 aliphatic carbocycles. The van der Waals surface area contributed by atoms with Crippen LogP contribution in [0.5, 0.6) is 0 Å². The van der Waals surface area contributed by atoms with Crippen molar-refractivity contribution >= 4 is 28.1 Å². The quantitative estimate of drug-likeness (QED) is 0.619. The summed E-state index contributed by atoms with van der Waals surface area (Å²) < 4.78 is 43.6. The maximum atomic E-state index is 13.1. The Kier molecular flexibility index (Phi) is 4.80. The lowest BCUT2D eigenvalue weighted by molar-refractivity contribution is -0.140.